The van der Waals surface area contributed by atoms with Gasteiger partial charge in [-0.25, -0.2) is 0 Å². The molecular formula is C30H39N3O3. The van der Waals surface area contributed by atoms with Crippen LogP contribution in [0.15, 0.2) is 48.5 Å². The highest BCUT2D eigenvalue weighted by atomic mass is 16.3. The topological polar surface area (TPSA) is 64.1 Å². The van der Waals surface area contributed by atoms with Crippen LogP contribution in [0.2, 0.25) is 0 Å². The summed E-state index contributed by atoms with van der Waals surface area (Å²) >= 11 is 0. The summed E-state index contributed by atoms with van der Waals surface area (Å²) in [6.07, 6.45) is 6.54. The molecule has 3 fully saturated rings. The number of rotatable bonds is 5. The third kappa shape index (κ3) is 4.81. The molecule has 0 spiro atoms. The lowest BCUT2D eigenvalue weighted by Crippen LogP contribution is -2.68. The van der Waals surface area contributed by atoms with Crippen molar-refractivity contribution in [3.63, 3.8) is 0 Å². The summed E-state index contributed by atoms with van der Waals surface area (Å²) in [4.78, 5) is 31.6. The van der Waals surface area contributed by atoms with E-state index in [0.29, 0.717) is 11.5 Å². The number of aliphatic hydroxyl groups is 1. The third-order valence-corrected chi connectivity index (χ3v) is 8.55. The minimum absolute atomic E-state index is 0.00105. The van der Waals surface area contributed by atoms with Gasteiger partial charge < -0.3 is 14.9 Å². The first kappa shape index (κ1) is 25.0. The van der Waals surface area contributed by atoms with Crippen LogP contribution in [0.25, 0.3) is 11.1 Å². The molecule has 0 bridgehead atoms. The van der Waals surface area contributed by atoms with E-state index in [0.717, 1.165) is 56.4 Å². The number of carbonyl (C=O) groups excluding carboxylic acids is 2. The van der Waals surface area contributed by atoms with E-state index in [1.807, 2.05) is 24.3 Å². The predicted molar refractivity (Wildman–Crippen MR) is 142 cm³/mol. The van der Waals surface area contributed by atoms with Crippen molar-refractivity contribution in [2.24, 2.45) is 5.92 Å². The second kappa shape index (κ2) is 10.7. The summed E-state index contributed by atoms with van der Waals surface area (Å²) < 4.78 is 0. The van der Waals surface area contributed by atoms with Crippen molar-refractivity contribution in [3.05, 3.63) is 59.7 Å². The van der Waals surface area contributed by atoms with E-state index in [9.17, 15) is 14.7 Å². The Kier molecular flexibility index (Phi) is 7.44. The minimum Gasteiger partial charge on any atom is -0.395 e. The molecule has 3 atom stereocenters. The molecule has 6 heteroatoms. The van der Waals surface area contributed by atoms with Crippen molar-refractivity contribution in [3.8, 4) is 11.1 Å². The molecule has 3 aliphatic rings. The Labute approximate surface area is 214 Å². The Balaban J connectivity index is 1.33. The first-order valence-electron chi connectivity index (χ1n) is 13.6. The van der Waals surface area contributed by atoms with Gasteiger partial charge in [0.1, 0.15) is 0 Å². The normalized spacial score (nSPS) is 25.0. The maximum absolute atomic E-state index is 13.3. The molecule has 2 aliphatic heterocycles. The van der Waals surface area contributed by atoms with Gasteiger partial charge in [0.2, 0.25) is 5.91 Å². The monoisotopic (exact) mass is 489 g/mol. The molecule has 192 valence electrons. The Morgan fingerprint density at radius 1 is 0.889 bits per heavy atom. The van der Waals surface area contributed by atoms with Crippen molar-refractivity contribution < 1.29 is 14.7 Å². The number of carbonyl (C=O) groups is 2. The van der Waals surface area contributed by atoms with E-state index in [-0.39, 0.29) is 36.4 Å². The molecule has 0 radical (unpaired) electrons. The zero-order valence-electron chi connectivity index (χ0n) is 21.6. The minimum atomic E-state index is 0.00105. The third-order valence-electron chi connectivity index (χ3n) is 8.55. The van der Waals surface area contributed by atoms with Crippen LogP contribution in [0.3, 0.4) is 0 Å². The quantitative estimate of drug-likeness (QED) is 0.690. The van der Waals surface area contributed by atoms with Crippen molar-refractivity contribution in [2.75, 3.05) is 40.3 Å². The zero-order valence-corrected chi connectivity index (χ0v) is 21.6. The Morgan fingerprint density at radius 2 is 1.50 bits per heavy atom. The van der Waals surface area contributed by atoms with Gasteiger partial charge in [-0.1, -0.05) is 49.2 Å². The van der Waals surface area contributed by atoms with Gasteiger partial charge in [-0.05, 0) is 61.1 Å². The number of fused-ring (bicyclic) bond motifs is 1. The molecule has 1 saturated carbocycles. The maximum Gasteiger partial charge on any atom is 0.253 e. The van der Waals surface area contributed by atoms with Crippen LogP contribution < -0.4 is 0 Å². The fourth-order valence-electron chi connectivity index (χ4n) is 6.53. The van der Waals surface area contributed by atoms with Crippen molar-refractivity contribution >= 4 is 11.8 Å². The Hall–Kier alpha value is -2.70. The largest absolute Gasteiger partial charge is 0.395 e. The standard InChI is InChI=1S/C30H39N3O3/c1-31(2)29(35)25-15-11-22(12-16-25)21-9-13-23(14-10-21)28-26-19-32(30(36)24-7-3-4-8-24)17-5-6-18-33(26)27(28)20-34/h9-16,24,26-28,34H,3-8,17-20H2,1-2H3/t26-,27+,28+/m1/s1. The molecule has 2 heterocycles. The van der Waals surface area contributed by atoms with E-state index >= 15 is 0 Å². The molecule has 2 amide bonds. The molecule has 6 nitrogen and oxygen atoms in total. The fraction of sp³-hybridized carbons (Fsp3) is 0.533. The lowest BCUT2D eigenvalue weighted by molar-refractivity contribution is -0.140. The van der Waals surface area contributed by atoms with Gasteiger partial charge in [-0.15, -0.1) is 0 Å². The molecule has 2 aromatic carbocycles. The van der Waals surface area contributed by atoms with Crippen LogP contribution in [0.5, 0.6) is 0 Å². The fourth-order valence-corrected chi connectivity index (χ4v) is 6.53. The smallest absolute Gasteiger partial charge is 0.253 e. The van der Waals surface area contributed by atoms with Crippen LogP contribution >= 0.6 is 0 Å². The highest BCUT2D eigenvalue weighted by molar-refractivity contribution is 5.94. The second-order valence-corrected chi connectivity index (χ2v) is 11.0. The van der Waals surface area contributed by atoms with Gasteiger partial charge in [0.15, 0.2) is 0 Å². The first-order valence-corrected chi connectivity index (χ1v) is 13.6. The van der Waals surface area contributed by atoms with Crippen LogP contribution in [0.1, 0.15) is 60.4 Å². The highest BCUT2D eigenvalue weighted by Crippen LogP contribution is 2.42. The maximum atomic E-state index is 13.3. The average Bonchev–Trinajstić information content (AvgIpc) is 3.42. The van der Waals surface area contributed by atoms with Gasteiger partial charge in [-0.3, -0.25) is 14.5 Å². The van der Waals surface area contributed by atoms with Gasteiger partial charge in [-0.2, -0.15) is 0 Å². The molecule has 1 N–H and O–H groups in total. The van der Waals surface area contributed by atoms with E-state index in [1.54, 1.807) is 19.0 Å². The summed E-state index contributed by atoms with van der Waals surface area (Å²) in [6, 6.07) is 16.8. The molecule has 2 aromatic rings. The summed E-state index contributed by atoms with van der Waals surface area (Å²) in [7, 11) is 3.52. The number of amides is 2. The van der Waals surface area contributed by atoms with E-state index < -0.39 is 0 Å². The summed E-state index contributed by atoms with van der Waals surface area (Å²) in [6.45, 7) is 2.76. The van der Waals surface area contributed by atoms with Crippen molar-refractivity contribution in [1.82, 2.24) is 14.7 Å². The van der Waals surface area contributed by atoms with Gasteiger partial charge in [0, 0.05) is 56.7 Å². The summed E-state index contributed by atoms with van der Waals surface area (Å²) in [5.74, 6) is 0.790. The van der Waals surface area contributed by atoms with Crippen LogP contribution in [-0.2, 0) is 4.79 Å². The number of benzene rings is 2. The Bertz CT molecular complexity index is 1060. The molecule has 0 aromatic heterocycles. The molecule has 36 heavy (non-hydrogen) atoms. The lowest BCUT2D eigenvalue weighted by Gasteiger charge is -2.57. The Morgan fingerprint density at radius 3 is 2.11 bits per heavy atom. The van der Waals surface area contributed by atoms with Crippen LogP contribution in [0.4, 0.5) is 0 Å². The zero-order chi connectivity index (χ0) is 25.2. The van der Waals surface area contributed by atoms with E-state index in [1.165, 1.54) is 18.4 Å². The molecular weight excluding hydrogens is 450 g/mol. The van der Waals surface area contributed by atoms with Gasteiger partial charge in [0.05, 0.1) is 6.61 Å². The predicted octanol–water partition coefficient (Wildman–Crippen LogP) is 4.00. The molecule has 2 saturated heterocycles. The van der Waals surface area contributed by atoms with Crippen molar-refractivity contribution in [2.45, 2.75) is 56.5 Å². The summed E-state index contributed by atoms with van der Waals surface area (Å²) in [5.41, 5.74) is 4.09. The van der Waals surface area contributed by atoms with Gasteiger partial charge >= 0.3 is 0 Å². The number of aliphatic hydroxyl groups excluding tert-OH is 1. The SMILES string of the molecule is CN(C)C(=O)c1ccc(-c2ccc([C@H]3[C@H]4CN(C(=O)C5CCCC5)CCCCN4[C@H]3CO)cc2)cc1. The van der Waals surface area contributed by atoms with E-state index in [2.05, 4.69) is 34.1 Å². The van der Waals surface area contributed by atoms with Crippen LogP contribution in [-0.4, -0.2) is 84.0 Å². The van der Waals surface area contributed by atoms with Gasteiger partial charge in [0.25, 0.3) is 5.91 Å². The first-order chi connectivity index (χ1) is 17.5. The molecule has 5 rings (SSSR count). The van der Waals surface area contributed by atoms with Crippen LogP contribution in [0, 0.1) is 5.92 Å². The molecule has 1 aliphatic carbocycles. The van der Waals surface area contributed by atoms with Crippen molar-refractivity contribution in [1.29, 1.82) is 0 Å². The number of hydrogen-bond donors (Lipinski definition) is 1. The highest BCUT2D eigenvalue weighted by Gasteiger charge is 2.49. The van der Waals surface area contributed by atoms with E-state index in [4.69, 9.17) is 0 Å². The lowest BCUT2D eigenvalue weighted by atomic mass is 9.74. The summed E-state index contributed by atoms with van der Waals surface area (Å²) in [5, 5.41) is 10.3. The average molecular weight is 490 g/mol. The number of hydrogen-bond acceptors (Lipinski definition) is 4. The number of nitrogens with zero attached hydrogens (tertiary/aromatic N) is 3. The molecule has 0 unspecified atom stereocenters. The second-order valence-electron chi connectivity index (χ2n) is 11.0.